The number of ether oxygens (including phenoxy) is 1. The molecule has 1 fully saturated rings. The van der Waals surface area contributed by atoms with Crippen LogP contribution in [0.2, 0.25) is 0 Å². The first-order valence-corrected chi connectivity index (χ1v) is 6.26. The molecule has 0 aromatic heterocycles. The van der Waals surface area contributed by atoms with Gasteiger partial charge in [0.05, 0.1) is 12.6 Å². The van der Waals surface area contributed by atoms with E-state index in [1.54, 1.807) is 7.11 Å². The first-order chi connectivity index (χ1) is 8.47. The third kappa shape index (κ3) is 3.60. The second kappa shape index (κ2) is 6.58. The van der Waals surface area contributed by atoms with Gasteiger partial charge in [-0.15, -0.1) is 0 Å². The van der Waals surface area contributed by atoms with Crippen molar-refractivity contribution in [2.75, 3.05) is 20.3 Å². The van der Waals surface area contributed by atoms with Crippen LogP contribution >= 0.6 is 0 Å². The van der Waals surface area contributed by atoms with Crippen molar-refractivity contribution < 1.29 is 19.4 Å². The molecule has 1 saturated heterocycles. The Balaban J connectivity index is 2.60. The van der Waals surface area contributed by atoms with E-state index in [0.717, 1.165) is 6.42 Å². The minimum Gasteiger partial charge on any atom is -0.480 e. The topological polar surface area (TPSA) is 78.9 Å². The molecule has 1 aliphatic heterocycles. The zero-order chi connectivity index (χ0) is 13.7. The quantitative estimate of drug-likeness (QED) is 0.768. The van der Waals surface area contributed by atoms with E-state index in [-0.39, 0.29) is 18.0 Å². The summed E-state index contributed by atoms with van der Waals surface area (Å²) in [6.07, 6.45) is 1.26. The third-order valence-electron chi connectivity index (χ3n) is 3.26. The lowest BCUT2D eigenvalue weighted by molar-refractivity contribution is -0.141. The summed E-state index contributed by atoms with van der Waals surface area (Å²) >= 11 is 0. The second-order valence-corrected chi connectivity index (χ2v) is 4.95. The highest BCUT2D eigenvalue weighted by molar-refractivity contribution is 5.83. The fraction of sp³-hybridized carbons (Fsp3) is 0.833. The van der Waals surface area contributed by atoms with E-state index >= 15 is 0 Å². The molecule has 0 aromatic rings. The molecule has 0 aliphatic carbocycles. The van der Waals surface area contributed by atoms with Gasteiger partial charge in [0.25, 0.3) is 0 Å². The van der Waals surface area contributed by atoms with Crippen LogP contribution in [0, 0.1) is 5.92 Å². The van der Waals surface area contributed by atoms with Gasteiger partial charge in [-0.25, -0.2) is 9.59 Å². The maximum Gasteiger partial charge on any atom is 0.326 e. The molecule has 1 heterocycles. The molecule has 18 heavy (non-hydrogen) atoms. The highest BCUT2D eigenvalue weighted by Gasteiger charge is 2.34. The molecule has 104 valence electrons. The first kappa shape index (κ1) is 14.8. The largest absolute Gasteiger partial charge is 0.480 e. The van der Waals surface area contributed by atoms with Crippen molar-refractivity contribution in [1.82, 2.24) is 10.2 Å². The Hall–Kier alpha value is -1.30. The molecule has 6 heteroatoms. The Morgan fingerprint density at radius 2 is 2.17 bits per heavy atom. The number of likely N-dealkylation sites (tertiary alicyclic amines) is 1. The van der Waals surface area contributed by atoms with Gasteiger partial charge in [0, 0.05) is 13.7 Å². The maximum atomic E-state index is 12.0. The van der Waals surface area contributed by atoms with E-state index in [4.69, 9.17) is 9.84 Å². The fourth-order valence-electron chi connectivity index (χ4n) is 2.09. The van der Waals surface area contributed by atoms with Gasteiger partial charge in [-0.3, -0.25) is 0 Å². The Labute approximate surface area is 107 Å². The Kier molecular flexibility index (Phi) is 5.40. The van der Waals surface area contributed by atoms with Crippen LogP contribution in [0.1, 0.15) is 26.7 Å². The summed E-state index contributed by atoms with van der Waals surface area (Å²) in [5, 5.41) is 11.9. The number of hydrogen-bond acceptors (Lipinski definition) is 3. The number of urea groups is 1. The number of carbonyl (C=O) groups excluding carboxylic acids is 1. The highest BCUT2D eigenvalue weighted by Crippen LogP contribution is 2.17. The van der Waals surface area contributed by atoms with Gasteiger partial charge in [0.15, 0.2) is 0 Å². The predicted octanol–water partition coefficient (Wildman–Crippen LogP) is 0.916. The van der Waals surface area contributed by atoms with E-state index < -0.39 is 12.0 Å². The molecule has 0 saturated carbocycles. The van der Waals surface area contributed by atoms with Gasteiger partial charge in [-0.05, 0) is 18.8 Å². The molecule has 6 nitrogen and oxygen atoms in total. The lowest BCUT2D eigenvalue weighted by Crippen LogP contribution is -2.51. The van der Waals surface area contributed by atoms with Crippen LogP contribution in [0.3, 0.4) is 0 Å². The molecule has 0 aromatic carbocycles. The van der Waals surface area contributed by atoms with Gasteiger partial charge in [0.1, 0.15) is 6.04 Å². The van der Waals surface area contributed by atoms with Crippen molar-refractivity contribution in [3.8, 4) is 0 Å². The molecular weight excluding hydrogens is 236 g/mol. The van der Waals surface area contributed by atoms with Crippen molar-refractivity contribution >= 4 is 12.0 Å². The number of methoxy groups -OCH3 is 1. The zero-order valence-corrected chi connectivity index (χ0v) is 11.2. The van der Waals surface area contributed by atoms with Gasteiger partial charge in [-0.2, -0.15) is 0 Å². The first-order valence-electron chi connectivity index (χ1n) is 6.26. The number of rotatable bonds is 5. The van der Waals surface area contributed by atoms with Crippen molar-refractivity contribution in [2.24, 2.45) is 5.92 Å². The standard InChI is InChI=1S/C12H22N2O4/c1-8(2)9(7-18-3)13-12(17)14-6-4-5-10(14)11(15)16/h8-10H,4-7H2,1-3H3,(H,13,17)(H,15,16). The summed E-state index contributed by atoms with van der Waals surface area (Å²) in [7, 11) is 1.58. The minimum absolute atomic E-state index is 0.0995. The van der Waals surface area contributed by atoms with Gasteiger partial charge >= 0.3 is 12.0 Å². The number of nitrogens with one attached hydrogen (secondary N) is 1. The fourth-order valence-corrected chi connectivity index (χ4v) is 2.09. The summed E-state index contributed by atoms with van der Waals surface area (Å²) in [5.41, 5.74) is 0. The smallest absolute Gasteiger partial charge is 0.326 e. The molecule has 2 N–H and O–H groups in total. The average Bonchev–Trinajstić information content (AvgIpc) is 2.77. The summed E-state index contributed by atoms with van der Waals surface area (Å²) in [5.74, 6) is -0.699. The van der Waals surface area contributed by atoms with Crippen LogP contribution < -0.4 is 5.32 Å². The summed E-state index contributed by atoms with van der Waals surface area (Å²) < 4.78 is 5.05. The van der Waals surface area contributed by atoms with Crippen LogP contribution in [0.4, 0.5) is 4.79 Å². The van der Waals surface area contributed by atoms with Crippen LogP contribution in [-0.2, 0) is 9.53 Å². The lowest BCUT2D eigenvalue weighted by Gasteiger charge is -2.27. The number of carbonyl (C=O) groups is 2. The summed E-state index contributed by atoms with van der Waals surface area (Å²) in [6, 6.07) is -1.10. The van der Waals surface area contributed by atoms with Gasteiger partial charge in [-0.1, -0.05) is 13.8 Å². The molecular formula is C12H22N2O4. The number of carboxylic acids is 1. The van der Waals surface area contributed by atoms with E-state index in [1.807, 2.05) is 13.8 Å². The van der Waals surface area contributed by atoms with Crippen LogP contribution in [0.25, 0.3) is 0 Å². The molecule has 1 aliphatic rings. The molecule has 1 rings (SSSR count). The van der Waals surface area contributed by atoms with Crippen molar-refractivity contribution in [1.29, 1.82) is 0 Å². The minimum atomic E-state index is -0.935. The van der Waals surface area contributed by atoms with E-state index in [9.17, 15) is 9.59 Å². The molecule has 2 atom stereocenters. The highest BCUT2D eigenvalue weighted by atomic mass is 16.5. The van der Waals surface area contributed by atoms with Crippen LogP contribution in [0.5, 0.6) is 0 Å². The molecule has 2 amide bonds. The summed E-state index contributed by atoms with van der Waals surface area (Å²) in [4.78, 5) is 24.5. The summed E-state index contributed by atoms with van der Waals surface area (Å²) in [6.45, 7) is 4.90. The molecule has 0 bridgehead atoms. The second-order valence-electron chi connectivity index (χ2n) is 4.95. The number of amides is 2. The zero-order valence-electron chi connectivity index (χ0n) is 11.2. The van der Waals surface area contributed by atoms with Crippen LogP contribution in [-0.4, -0.2) is 54.4 Å². The number of nitrogens with zero attached hydrogens (tertiary/aromatic N) is 1. The normalized spacial score (nSPS) is 21.1. The third-order valence-corrected chi connectivity index (χ3v) is 3.26. The molecule has 0 radical (unpaired) electrons. The van der Waals surface area contributed by atoms with Gasteiger partial charge < -0.3 is 20.1 Å². The molecule has 2 unspecified atom stereocenters. The van der Waals surface area contributed by atoms with Crippen molar-refractivity contribution in [3.63, 3.8) is 0 Å². The average molecular weight is 258 g/mol. The van der Waals surface area contributed by atoms with E-state index in [0.29, 0.717) is 19.6 Å². The lowest BCUT2D eigenvalue weighted by atomic mass is 10.1. The van der Waals surface area contributed by atoms with E-state index in [2.05, 4.69) is 5.32 Å². The van der Waals surface area contributed by atoms with Crippen LogP contribution in [0.15, 0.2) is 0 Å². The van der Waals surface area contributed by atoms with Crippen molar-refractivity contribution in [2.45, 2.75) is 38.8 Å². The monoisotopic (exact) mass is 258 g/mol. The number of carboxylic acid groups (broad SMARTS) is 1. The number of hydrogen-bond donors (Lipinski definition) is 2. The number of aliphatic carboxylic acids is 1. The Morgan fingerprint density at radius 1 is 1.50 bits per heavy atom. The van der Waals surface area contributed by atoms with Gasteiger partial charge in [0.2, 0.25) is 0 Å². The Morgan fingerprint density at radius 3 is 2.67 bits per heavy atom. The van der Waals surface area contributed by atoms with E-state index in [1.165, 1.54) is 4.90 Å². The maximum absolute atomic E-state index is 12.0. The SMILES string of the molecule is COCC(NC(=O)N1CCCC1C(=O)O)C(C)C. The predicted molar refractivity (Wildman–Crippen MR) is 66.4 cm³/mol. The Bertz CT molecular complexity index is 306. The molecule has 0 spiro atoms. The van der Waals surface area contributed by atoms with Crippen molar-refractivity contribution in [3.05, 3.63) is 0 Å².